The van der Waals surface area contributed by atoms with Crippen LogP contribution in [0.3, 0.4) is 0 Å². The first kappa shape index (κ1) is 13.3. The Morgan fingerprint density at radius 1 is 1.28 bits per heavy atom. The van der Waals surface area contributed by atoms with Gasteiger partial charge < -0.3 is 5.73 Å². The van der Waals surface area contributed by atoms with Crippen molar-refractivity contribution >= 4 is 23.2 Å². The Morgan fingerprint density at radius 3 is 2.61 bits per heavy atom. The minimum atomic E-state index is -0.579. The molecule has 0 spiro atoms. The van der Waals surface area contributed by atoms with Gasteiger partial charge in [0.15, 0.2) is 0 Å². The van der Waals surface area contributed by atoms with E-state index in [1.165, 1.54) is 12.3 Å². The third-order valence-corrected chi connectivity index (χ3v) is 3.20. The third-order valence-electron chi connectivity index (χ3n) is 2.69. The van der Waals surface area contributed by atoms with Crippen LogP contribution in [-0.2, 0) is 0 Å². The Bertz CT molecular complexity index is 587. The van der Waals surface area contributed by atoms with Crippen molar-refractivity contribution in [3.05, 3.63) is 63.1 Å². The van der Waals surface area contributed by atoms with E-state index in [-0.39, 0.29) is 5.82 Å². The maximum Gasteiger partial charge on any atom is 0.126 e. The SMILES string of the molecule is Cc1ccc(C(N)c2ncc(Cl)cc2Cl)cc1F. The fourth-order valence-electron chi connectivity index (χ4n) is 1.61. The zero-order valence-electron chi connectivity index (χ0n) is 9.62. The number of hydrogen-bond donors (Lipinski definition) is 1. The van der Waals surface area contributed by atoms with Crippen LogP contribution in [-0.4, -0.2) is 4.98 Å². The van der Waals surface area contributed by atoms with Crippen LogP contribution >= 0.6 is 23.2 Å². The summed E-state index contributed by atoms with van der Waals surface area (Å²) in [5.74, 6) is -0.298. The predicted molar refractivity (Wildman–Crippen MR) is 71.4 cm³/mol. The first-order valence-electron chi connectivity index (χ1n) is 5.31. The van der Waals surface area contributed by atoms with E-state index in [9.17, 15) is 4.39 Å². The Labute approximate surface area is 115 Å². The monoisotopic (exact) mass is 284 g/mol. The second-order valence-corrected chi connectivity index (χ2v) is 4.85. The van der Waals surface area contributed by atoms with Crippen LogP contribution in [0.1, 0.15) is 22.9 Å². The van der Waals surface area contributed by atoms with Gasteiger partial charge in [0.25, 0.3) is 0 Å². The lowest BCUT2D eigenvalue weighted by Crippen LogP contribution is -2.14. The van der Waals surface area contributed by atoms with Crippen molar-refractivity contribution in [1.82, 2.24) is 4.98 Å². The molecule has 0 aliphatic carbocycles. The molecule has 0 fully saturated rings. The van der Waals surface area contributed by atoms with Crippen LogP contribution in [0.5, 0.6) is 0 Å². The molecule has 0 aliphatic heterocycles. The molecule has 0 aliphatic rings. The molecule has 1 unspecified atom stereocenters. The summed E-state index contributed by atoms with van der Waals surface area (Å²) in [6.45, 7) is 1.69. The Balaban J connectivity index is 2.41. The molecule has 18 heavy (non-hydrogen) atoms. The maximum atomic E-state index is 13.5. The zero-order chi connectivity index (χ0) is 13.3. The van der Waals surface area contributed by atoms with Crippen LogP contribution in [0.25, 0.3) is 0 Å². The van der Waals surface area contributed by atoms with Gasteiger partial charge in [-0.15, -0.1) is 0 Å². The van der Waals surface area contributed by atoms with Gasteiger partial charge in [0.05, 0.1) is 21.8 Å². The molecule has 2 N–H and O–H groups in total. The number of hydrogen-bond acceptors (Lipinski definition) is 2. The lowest BCUT2D eigenvalue weighted by molar-refractivity contribution is 0.614. The van der Waals surface area contributed by atoms with E-state index in [1.807, 2.05) is 0 Å². The molecule has 0 amide bonds. The summed E-state index contributed by atoms with van der Waals surface area (Å²) in [6, 6.07) is 5.82. The van der Waals surface area contributed by atoms with Gasteiger partial charge in [0.1, 0.15) is 5.82 Å². The highest BCUT2D eigenvalue weighted by atomic mass is 35.5. The van der Waals surface area contributed by atoms with Crippen LogP contribution < -0.4 is 5.73 Å². The van der Waals surface area contributed by atoms with Crippen molar-refractivity contribution in [3.63, 3.8) is 0 Å². The van der Waals surface area contributed by atoms with E-state index < -0.39 is 6.04 Å². The van der Waals surface area contributed by atoms with Crippen molar-refractivity contribution in [2.75, 3.05) is 0 Å². The Hall–Kier alpha value is -1.16. The van der Waals surface area contributed by atoms with Crippen molar-refractivity contribution in [3.8, 4) is 0 Å². The molecule has 1 aromatic heterocycles. The van der Waals surface area contributed by atoms with E-state index >= 15 is 0 Å². The molecule has 2 rings (SSSR count). The molecule has 94 valence electrons. The smallest absolute Gasteiger partial charge is 0.126 e. The minimum absolute atomic E-state index is 0.298. The second-order valence-electron chi connectivity index (χ2n) is 4.01. The third kappa shape index (κ3) is 2.64. The highest BCUT2D eigenvalue weighted by molar-refractivity contribution is 6.34. The second kappa shape index (κ2) is 5.22. The zero-order valence-corrected chi connectivity index (χ0v) is 11.1. The van der Waals surface area contributed by atoms with Gasteiger partial charge in [-0.05, 0) is 30.2 Å². The first-order chi connectivity index (χ1) is 8.49. The summed E-state index contributed by atoms with van der Waals surface area (Å²) in [4.78, 5) is 4.09. The quantitative estimate of drug-likeness (QED) is 0.909. The van der Waals surface area contributed by atoms with E-state index in [0.717, 1.165) is 0 Å². The van der Waals surface area contributed by atoms with Crippen LogP contribution in [0.4, 0.5) is 4.39 Å². The van der Waals surface area contributed by atoms with E-state index in [2.05, 4.69) is 4.98 Å². The number of benzene rings is 1. The highest BCUT2D eigenvalue weighted by Crippen LogP contribution is 2.27. The summed E-state index contributed by atoms with van der Waals surface area (Å²) in [7, 11) is 0. The summed E-state index contributed by atoms with van der Waals surface area (Å²) >= 11 is 11.8. The predicted octanol–water partition coefficient (Wildman–Crippen LogP) is 3.88. The first-order valence-corrected chi connectivity index (χ1v) is 6.07. The van der Waals surface area contributed by atoms with Gasteiger partial charge in [-0.25, -0.2) is 4.39 Å². The molecule has 5 heteroatoms. The summed E-state index contributed by atoms with van der Waals surface area (Å²) in [5.41, 5.74) is 7.70. The number of aryl methyl sites for hydroxylation is 1. The van der Waals surface area contributed by atoms with Crippen molar-refractivity contribution in [1.29, 1.82) is 0 Å². The fourth-order valence-corrected chi connectivity index (χ4v) is 2.11. The maximum absolute atomic E-state index is 13.5. The van der Waals surface area contributed by atoms with E-state index in [4.69, 9.17) is 28.9 Å². The number of nitrogens with zero attached hydrogens (tertiary/aromatic N) is 1. The largest absolute Gasteiger partial charge is 0.319 e. The Kier molecular flexibility index (Phi) is 3.85. The van der Waals surface area contributed by atoms with Gasteiger partial charge in [-0.2, -0.15) is 0 Å². The summed E-state index contributed by atoms with van der Waals surface area (Å²) in [5, 5.41) is 0.807. The van der Waals surface area contributed by atoms with Crippen LogP contribution in [0.15, 0.2) is 30.5 Å². The molecule has 2 nitrogen and oxygen atoms in total. The van der Waals surface area contributed by atoms with Gasteiger partial charge >= 0.3 is 0 Å². The van der Waals surface area contributed by atoms with Crippen LogP contribution in [0.2, 0.25) is 10.0 Å². The fraction of sp³-hybridized carbons (Fsp3) is 0.154. The lowest BCUT2D eigenvalue weighted by atomic mass is 10.0. The minimum Gasteiger partial charge on any atom is -0.319 e. The van der Waals surface area contributed by atoms with Gasteiger partial charge in [0, 0.05) is 6.20 Å². The number of pyridine rings is 1. The Morgan fingerprint density at radius 2 is 2.00 bits per heavy atom. The van der Waals surface area contributed by atoms with Gasteiger partial charge in [-0.1, -0.05) is 35.3 Å². The van der Waals surface area contributed by atoms with Gasteiger partial charge in [0.2, 0.25) is 0 Å². The molecule has 0 bridgehead atoms. The molecular weight excluding hydrogens is 274 g/mol. The van der Waals surface area contributed by atoms with Crippen molar-refractivity contribution in [2.45, 2.75) is 13.0 Å². The van der Waals surface area contributed by atoms with E-state index in [0.29, 0.717) is 26.9 Å². The molecule has 2 aromatic rings. The molecule has 0 saturated carbocycles. The van der Waals surface area contributed by atoms with Crippen molar-refractivity contribution in [2.24, 2.45) is 5.73 Å². The summed E-state index contributed by atoms with van der Waals surface area (Å²) < 4.78 is 13.5. The molecule has 1 heterocycles. The number of nitrogens with two attached hydrogens (primary N) is 1. The average Bonchev–Trinajstić information content (AvgIpc) is 2.32. The molecule has 1 atom stereocenters. The average molecular weight is 285 g/mol. The lowest BCUT2D eigenvalue weighted by Gasteiger charge is -2.13. The van der Waals surface area contributed by atoms with Crippen LogP contribution in [0, 0.1) is 12.7 Å². The standard InChI is InChI=1S/C13H11Cl2FN2/c1-7-2-3-8(4-11(7)16)12(17)13-10(15)5-9(14)6-18-13/h2-6,12H,17H2,1H3. The van der Waals surface area contributed by atoms with Gasteiger partial charge in [-0.3, -0.25) is 4.98 Å². The molecule has 1 aromatic carbocycles. The molecular formula is C13H11Cl2FN2. The number of aromatic nitrogens is 1. The number of halogens is 3. The number of rotatable bonds is 2. The topological polar surface area (TPSA) is 38.9 Å². The molecule has 0 radical (unpaired) electrons. The molecule has 0 saturated heterocycles. The highest BCUT2D eigenvalue weighted by Gasteiger charge is 2.15. The van der Waals surface area contributed by atoms with E-state index in [1.54, 1.807) is 25.1 Å². The van der Waals surface area contributed by atoms with Crippen molar-refractivity contribution < 1.29 is 4.39 Å². The summed E-state index contributed by atoms with van der Waals surface area (Å²) in [6.07, 6.45) is 1.47. The normalized spacial score (nSPS) is 12.5.